The lowest BCUT2D eigenvalue weighted by molar-refractivity contribution is -0.132. The van der Waals surface area contributed by atoms with E-state index in [4.69, 9.17) is 9.05 Å². The summed E-state index contributed by atoms with van der Waals surface area (Å²) in [5, 5.41) is 7.66. The minimum absolute atomic E-state index is 0.0888. The first-order valence-corrected chi connectivity index (χ1v) is 9.38. The molecule has 9 nitrogen and oxygen atoms in total. The Morgan fingerprint density at radius 2 is 1.81 bits per heavy atom. The van der Waals surface area contributed by atoms with Crippen LogP contribution in [-0.2, 0) is 17.6 Å². The summed E-state index contributed by atoms with van der Waals surface area (Å²) in [5.41, 5.74) is 0.676. The zero-order valence-corrected chi connectivity index (χ0v) is 15.8. The van der Waals surface area contributed by atoms with Gasteiger partial charge in [-0.15, -0.1) is 0 Å². The summed E-state index contributed by atoms with van der Waals surface area (Å²) in [6.07, 6.45) is 3.48. The molecule has 2 aromatic rings. The molecule has 2 amide bonds. The van der Waals surface area contributed by atoms with Crippen molar-refractivity contribution >= 4 is 11.8 Å². The lowest BCUT2D eigenvalue weighted by atomic mass is 10.2. The fraction of sp³-hybridized carbons (Fsp3) is 0.611. The number of aryl methyl sites for hydroxylation is 3. The summed E-state index contributed by atoms with van der Waals surface area (Å²) < 4.78 is 10.2. The molecule has 0 atom stereocenters. The van der Waals surface area contributed by atoms with Crippen LogP contribution >= 0.6 is 0 Å². The monoisotopic (exact) mass is 375 g/mol. The Hall–Kier alpha value is -2.71. The van der Waals surface area contributed by atoms with Crippen molar-refractivity contribution in [3.05, 3.63) is 29.2 Å². The van der Waals surface area contributed by atoms with Crippen LogP contribution in [-0.4, -0.2) is 63.1 Å². The van der Waals surface area contributed by atoms with Crippen molar-refractivity contribution in [2.75, 3.05) is 26.2 Å². The van der Waals surface area contributed by atoms with Gasteiger partial charge in [0.2, 0.25) is 17.6 Å². The van der Waals surface area contributed by atoms with Gasteiger partial charge in [0.25, 0.3) is 5.91 Å². The third-order valence-electron chi connectivity index (χ3n) is 4.52. The summed E-state index contributed by atoms with van der Waals surface area (Å²) in [7, 11) is 0. The second-order valence-corrected chi connectivity index (χ2v) is 6.71. The molecule has 0 aliphatic carbocycles. The van der Waals surface area contributed by atoms with Gasteiger partial charge in [-0.1, -0.05) is 17.2 Å². The quantitative estimate of drug-likeness (QED) is 0.724. The van der Waals surface area contributed by atoms with E-state index in [2.05, 4.69) is 22.2 Å². The molecular formula is C18H25N5O4. The molecule has 0 spiro atoms. The van der Waals surface area contributed by atoms with Crippen molar-refractivity contribution in [3.8, 4) is 0 Å². The average Bonchev–Trinajstić information content (AvgIpc) is 3.30. The molecule has 0 unspecified atom stereocenters. The highest BCUT2D eigenvalue weighted by molar-refractivity contribution is 5.91. The molecule has 0 N–H and O–H groups in total. The van der Waals surface area contributed by atoms with Gasteiger partial charge in [0.1, 0.15) is 0 Å². The summed E-state index contributed by atoms with van der Waals surface area (Å²) in [6.45, 7) is 5.88. The van der Waals surface area contributed by atoms with Crippen LogP contribution in [0.3, 0.4) is 0 Å². The van der Waals surface area contributed by atoms with E-state index >= 15 is 0 Å². The van der Waals surface area contributed by atoms with Crippen molar-refractivity contribution in [3.63, 3.8) is 0 Å². The van der Waals surface area contributed by atoms with E-state index in [0.717, 1.165) is 18.7 Å². The summed E-state index contributed by atoms with van der Waals surface area (Å²) in [4.78, 5) is 32.5. The molecule has 3 heterocycles. The van der Waals surface area contributed by atoms with Crippen molar-refractivity contribution in [1.29, 1.82) is 0 Å². The third-order valence-corrected chi connectivity index (χ3v) is 4.52. The highest BCUT2D eigenvalue weighted by atomic mass is 16.5. The largest absolute Gasteiger partial charge is 0.351 e. The van der Waals surface area contributed by atoms with Gasteiger partial charge in [0, 0.05) is 51.5 Å². The van der Waals surface area contributed by atoms with Crippen LogP contribution in [0.2, 0.25) is 0 Å². The number of rotatable bonds is 7. The molecule has 1 aliphatic heterocycles. The molecule has 0 bridgehead atoms. The first kappa shape index (κ1) is 19.1. The van der Waals surface area contributed by atoms with E-state index in [1.54, 1.807) is 22.8 Å². The molecule has 0 radical (unpaired) electrons. The number of piperazine rings is 1. The Balaban J connectivity index is 1.39. The number of aromatic nitrogens is 3. The topological polar surface area (TPSA) is 106 Å². The van der Waals surface area contributed by atoms with E-state index < -0.39 is 0 Å². The normalized spacial score (nSPS) is 14.6. The maximum absolute atomic E-state index is 12.4. The Morgan fingerprint density at radius 1 is 1.07 bits per heavy atom. The fourth-order valence-electron chi connectivity index (χ4n) is 3.04. The Morgan fingerprint density at radius 3 is 2.48 bits per heavy atom. The van der Waals surface area contributed by atoms with Crippen molar-refractivity contribution < 1.29 is 18.6 Å². The predicted molar refractivity (Wildman–Crippen MR) is 95.0 cm³/mol. The van der Waals surface area contributed by atoms with Gasteiger partial charge in [-0.05, 0) is 19.8 Å². The SMILES string of the molecule is CCCc1noc(CCCC(=O)N2CCN(C(=O)c3cc(C)no3)CC2)n1. The zero-order chi connectivity index (χ0) is 19.2. The highest BCUT2D eigenvalue weighted by Gasteiger charge is 2.26. The van der Waals surface area contributed by atoms with Gasteiger partial charge >= 0.3 is 0 Å². The van der Waals surface area contributed by atoms with E-state index in [1.165, 1.54) is 0 Å². The van der Waals surface area contributed by atoms with Gasteiger partial charge < -0.3 is 18.8 Å². The first-order valence-electron chi connectivity index (χ1n) is 9.38. The number of nitrogens with zero attached hydrogens (tertiary/aromatic N) is 5. The van der Waals surface area contributed by atoms with Crippen LogP contribution < -0.4 is 0 Å². The van der Waals surface area contributed by atoms with Gasteiger partial charge in [-0.2, -0.15) is 4.98 Å². The molecule has 27 heavy (non-hydrogen) atoms. The van der Waals surface area contributed by atoms with Gasteiger partial charge in [-0.25, -0.2) is 0 Å². The number of amides is 2. The van der Waals surface area contributed by atoms with Crippen molar-refractivity contribution in [2.24, 2.45) is 0 Å². The molecule has 1 fully saturated rings. The smallest absolute Gasteiger partial charge is 0.292 e. The van der Waals surface area contributed by atoms with E-state index in [9.17, 15) is 9.59 Å². The molecule has 1 saturated heterocycles. The number of carbonyl (C=O) groups is 2. The van der Waals surface area contributed by atoms with Gasteiger partial charge in [0.15, 0.2) is 5.82 Å². The van der Waals surface area contributed by atoms with E-state index in [1.807, 2.05) is 0 Å². The second kappa shape index (κ2) is 8.79. The predicted octanol–water partition coefficient (Wildman–Crippen LogP) is 1.63. The van der Waals surface area contributed by atoms with Crippen LogP contribution in [0.25, 0.3) is 0 Å². The van der Waals surface area contributed by atoms with Crippen LogP contribution in [0.4, 0.5) is 0 Å². The van der Waals surface area contributed by atoms with Crippen LogP contribution in [0, 0.1) is 6.92 Å². The fourth-order valence-corrected chi connectivity index (χ4v) is 3.04. The number of carbonyl (C=O) groups excluding carboxylic acids is 2. The lowest BCUT2D eigenvalue weighted by Crippen LogP contribution is -2.50. The maximum Gasteiger partial charge on any atom is 0.292 e. The van der Waals surface area contributed by atoms with Gasteiger partial charge in [0.05, 0.1) is 5.69 Å². The Bertz CT molecular complexity index is 776. The molecule has 1 aliphatic rings. The highest BCUT2D eigenvalue weighted by Crippen LogP contribution is 2.12. The molecule has 146 valence electrons. The molecular weight excluding hydrogens is 350 g/mol. The second-order valence-electron chi connectivity index (χ2n) is 6.71. The third kappa shape index (κ3) is 4.93. The molecule has 0 saturated carbocycles. The van der Waals surface area contributed by atoms with E-state index in [-0.39, 0.29) is 17.6 Å². The molecule has 3 rings (SSSR count). The summed E-state index contributed by atoms with van der Waals surface area (Å²) in [6, 6.07) is 1.63. The minimum Gasteiger partial charge on any atom is -0.351 e. The molecule has 9 heteroatoms. The average molecular weight is 375 g/mol. The number of hydrogen-bond donors (Lipinski definition) is 0. The van der Waals surface area contributed by atoms with Crippen molar-refractivity contribution in [2.45, 2.75) is 46.0 Å². The number of hydrogen-bond acceptors (Lipinski definition) is 7. The first-order chi connectivity index (χ1) is 13.1. The summed E-state index contributed by atoms with van der Waals surface area (Å²) >= 11 is 0. The zero-order valence-electron chi connectivity index (χ0n) is 15.8. The van der Waals surface area contributed by atoms with Crippen LogP contribution in [0.1, 0.15) is 54.2 Å². The van der Waals surface area contributed by atoms with Crippen LogP contribution in [0.15, 0.2) is 15.1 Å². The van der Waals surface area contributed by atoms with Crippen molar-refractivity contribution in [1.82, 2.24) is 25.1 Å². The Kier molecular flexibility index (Phi) is 6.20. The molecule has 0 aromatic carbocycles. The Labute approximate surface area is 157 Å². The molecule has 2 aromatic heterocycles. The standard InChI is InChI=1S/C18H25N5O4/c1-3-5-15-19-16(27-21-15)6-4-7-17(24)22-8-10-23(11-9-22)18(25)14-12-13(2)20-26-14/h12H,3-11H2,1-2H3. The summed E-state index contributed by atoms with van der Waals surface area (Å²) in [5.74, 6) is 1.47. The lowest BCUT2D eigenvalue weighted by Gasteiger charge is -2.34. The van der Waals surface area contributed by atoms with Gasteiger partial charge in [-0.3, -0.25) is 9.59 Å². The van der Waals surface area contributed by atoms with E-state index in [0.29, 0.717) is 57.0 Å². The minimum atomic E-state index is -0.179. The maximum atomic E-state index is 12.4. The van der Waals surface area contributed by atoms with Crippen LogP contribution in [0.5, 0.6) is 0 Å².